The van der Waals surface area contributed by atoms with Crippen LogP contribution in [0.3, 0.4) is 0 Å². The summed E-state index contributed by atoms with van der Waals surface area (Å²) in [5.41, 5.74) is 5.80. The first-order chi connectivity index (χ1) is 10.5. The van der Waals surface area contributed by atoms with Gasteiger partial charge in [-0.15, -0.1) is 12.4 Å². The van der Waals surface area contributed by atoms with E-state index < -0.39 is 5.91 Å². The lowest BCUT2D eigenvalue weighted by Crippen LogP contribution is -2.31. The lowest BCUT2D eigenvalue weighted by molar-refractivity contribution is -0.119. The maximum Gasteiger partial charge on any atom is 0.253 e. The van der Waals surface area contributed by atoms with Gasteiger partial charge in [0.15, 0.2) is 0 Å². The molecule has 0 bridgehead atoms. The van der Waals surface area contributed by atoms with Gasteiger partial charge in [-0.05, 0) is 19.2 Å². The van der Waals surface area contributed by atoms with Gasteiger partial charge in [0.1, 0.15) is 0 Å². The fourth-order valence-corrected chi connectivity index (χ4v) is 1.84. The molecule has 5 N–H and O–H groups in total. The van der Waals surface area contributed by atoms with Crippen molar-refractivity contribution in [2.24, 2.45) is 11.7 Å². The van der Waals surface area contributed by atoms with Gasteiger partial charge in [-0.1, -0.05) is 19.1 Å². The SMILES string of the molecule is CNCC(C)C(=O)Nc1ccccc1C(=O)NCCC(N)=O.Cl. The van der Waals surface area contributed by atoms with Crippen LogP contribution < -0.4 is 21.7 Å². The predicted molar refractivity (Wildman–Crippen MR) is 91.6 cm³/mol. The first kappa shape index (κ1) is 20.9. The number of carbonyl (C=O) groups is 3. The summed E-state index contributed by atoms with van der Waals surface area (Å²) in [6.07, 6.45) is 0.0689. The molecule has 0 aromatic heterocycles. The second-order valence-corrected chi connectivity index (χ2v) is 4.97. The summed E-state index contributed by atoms with van der Waals surface area (Å²) in [6, 6.07) is 6.71. The molecule has 1 atom stereocenters. The van der Waals surface area contributed by atoms with E-state index in [4.69, 9.17) is 5.73 Å². The molecule has 0 fully saturated rings. The summed E-state index contributed by atoms with van der Waals surface area (Å²) in [6.45, 7) is 2.49. The Morgan fingerprint density at radius 1 is 1.22 bits per heavy atom. The minimum atomic E-state index is -0.484. The van der Waals surface area contributed by atoms with Crippen molar-refractivity contribution in [1.29, 1.82) is 0 Å². The van der Waals surface area contributed by atoms with Crippen molar-refractivity contribution in [1.82, 2.24) is 10.6 Å². The number of primary amides is 1. The van der Waals surface area contributed by atoms with Crippen LogP contribution in [0.25, 0.3) is 0 Å². The third-order valence-corrected chi connectivity index (χ3v) is 3.04. The highest BCUT2D eigenvalue weighted by Gasteiger charge is 2.16. The fraction of sp³-hybridized carbons (Fsp3) is 0.400. The van der Waals surface area contributed by atoms with Gasteiger partial charge < -0.3 is 21.7 Å². The highest BCUT2D eigenvalue weighted by Crippen LogP contribution is 2.16. The third-order valence-electron chi connectivity index (χ3n) is 3.04. The standard InChI is InChI=1S/C15H22N4O3.ClH/c1-10(9-17-2)14(21)19-12-6-4-3-5-11(12)15(22)18-8-7-13(16)20;/h3-6,10,17H,7-9H2,1-2H3,(H2,16,20)(H,18,22)(H,19,21);1H. The number of rotatable bonds is 8. The summed E-state index contributed by atoms with van der Waals surface area (Å²) in [5.74, 6) is -1.25. The molecule has 0 aliphatic heterocycles. The molecule has 7 nitrogen and oxygen atoms in total. The van der Waals surface area contributed by atoms with E-state index in [2.05, 4.69) is 16.0 Å². The van der Waals surface area contributed by atoms with E-state index in [9.17, 15) is 14.4 Å². The van der Waals surface area contributed by atoms with E-state index in [0.717, 1.165) is 0 Å². The zero-order valence-corrected chi connectivity index (χ0v) is 14.0. The molecule has 0 aliphatic carbocycles. The Labute approximate surface area is 141 Å². The Balaban J connectivity index is 0.00000484. The number of nitrogens with two attached hydrogens (primary N) is 1. The Hall–Kier alpha value is -2.12. The molecular weight excluding hydrogens is 320 g/mol. The first-order valence-corrected chi connectivity index (χ1v) is 7.06. The highest BCUT2D eigenvalue weighted by molar-refractivity contribution is 6.04. The van der Waals surface area contributed by atoms with Crippen molar-refractivity contribution in [3.8, 4) is 0 Å². The van der Waals surface area contributed by atoms with Crippen molar-refractivity contribution >= 4 is 35.8 Å². The molecule has 0 aliphatic rings. The summed E-state index contributed by atoms with van der Waals surface area (Å²) in [5, 5.41) is 8.26. The third kappa shape index (κ3) is 7.12. The number of para-hydroxylation sites is 1. The largest absolute Gasteiger partial charge is 0.370 e. The number of benzene rings is 1. The molecule has 1 rings (SSSR count). The zero-order chi connectivity index (χ0) is 16.5. The summed E-state index contributed by atoms with van der Waals surface area (Å²) in [4.78, 5) is 34.8. The summed E-state index contributed by atoms with van der Waals surface area (Å²) < 4.78 is 0. The second-order valence-electron chi connectivity index (χ2n) is 4.97. The molecule has 0 saturated heterocycles. The number of carbonyl (C=O) groups excluding carboxylic acids is 3. The Morgan fingerprint density at radius 2 is 1.87 bits per heavy atom. The zero-order valence-electron chi connectivity index (χ0n) is 13.2. The first-order valence-electron chi connectivity index (χ1n) is 7.06. The van der Waals surface area contributed by atoms with E-state index in [0.29, 0.717) is 17.8 Å². The van der Waals surface area contributed by atoms with Crippen molar-refractivity contribution in [3.63, 3.8) is 0 Å². The van der Waals surface area contributed by atoms with E-state index in [1.54, 1.807) is 38.2 Å². The van der Waals surface area contributed by atoms with Gasteiger partial charge in [0.25, 0.3) is 5.91 Å². The van der Waals surface area contributed by atoms with E-state index >= 15 is 0 Å². The van der Waals surface area contributed by atoms with Crippen LogP contribution in [-0.4, -0.2) is 37.9 Å². The molecule has 1 aromatic carbocycles. The van der Waals surface area contributed by atoms with E-state index in [1.807, 2.05) is 0 Å². The molecule has 1 aromatic rings. The normalized spacial score (nSPS) is 11.0. The van der Waals surface area contributed by atoms with Gasteiger partial charge >= 0.3 is 0 Å². The monoisotopic (exact) mass is 342 g/mol. The number of anilines is 1. The van der Waals surface area contributed by atoms with Crippen molar-refractivity contribution in [2.45, 2.75) is 13.3 Å². The molecule has 0 spiro atoms. The van der Waals surface area contributed by atoms with Crippen LogP contribution in [-0.2, 0) is 9.59 Å². The van der Waals surface area contributed by atoms with Gasteiger partial charge in [-0.3, -0.25) is 14.4 Å². The predicted octanol–water partition coefficient (Wildman–Crippen LogP) is 0.508. The molecule has 0 saturated carbocycles. The maximum atomic E-state index is 12.1. The van der Waals surface area contributed by atoms with E-state index in [1.165, 1.54) is 0 Å². The number of amides is 3. The lowest BCUT2D eigenvalue weighted by Gasteiger charge is -2.14. The highest BCUT2D eigenvalue weighted by atomic mass is 35.5. The Kier molecular flexibility index (Phi) is 9.60. The van der Waals surface area contributed by atoms with Gasteiger partial charge in [0, 0.05) is 25.4 Å². The van der Waals surface area contributed by atoms with Gasteiger partial charge in [-0.2, -0.15) is 0 Å². The van der Waals surface area contributed by atoms with E-state index in [-0.39, 0.29) is 43.1 Å². The molecule has 0 heterocycles. The molecule has 23 heavy (non-hydrogen) atoms. The number of hydrogen-bond donors (Lipinski definition) is 4. The average Bonchev–Trinajstić information content (AvgIpc) is 2.47. The smallest absolute Gasteiger partial charge is 0.253 e. The van der Waals surface area contributed by atoms with Crippen LogP contribution in [0.1, 0.15) is 23.7 Å². The van der Waals surface area contributed by atoms with Crippen LogP contribution in [0.2, 0.25) is 0 Å². The molecule has 0 radical (unpaired) electrons. The summed E-state index contributed by atoms with van der Waals surface area (Å²) >= 11 is 0. The quantitative estimate of drug-likeness (QED) is 0.551. The van der Waals surface area contributed by atoms with Crippen LogP contribution in [0, 0.1) is 5.92 Å². The van der Waals surface area contributed by atoms with Crippen molar-refractivity contribution < 1.29 is 14.4 Å². The molecular formula is C15H23ClN4O3. The number of hydrogen-bond acceptors (Lipinski definition) is 4. The average molecular weight is 343 g/mol. The minimum Gasteiger partial charge on any atom is -0.370 e. The van der Waals surface area contributed by atoms with Crippen LogP contribution >= 0.6 is 12.4 Å². The fourth-order valence-electron chi connectivity index (χ4n) is 1.84. The molecule has 8 heteroatoms. The van der Waals surface area contributed by atoms with Gasteiger partial charge in [0.2, 0.25) is 11.8 Å². The molecule has 1 unspecified atom stereocenters. The van der Waals surface area contributed by atoms with Crippen LogP contribution in [0.5, 0.6) is 0 Å². The number of nitrogens with one attached hydrogen (secondary N) is 3. The molecule has 128 valence electrons. The van der Waals surface area contributed by atoms with Crippen LogP contribution in [0.15, 0.2) is 24.3 Å². The Morgan fingerprint density at radius 3 is 2.48 bits per heavy atom. The second kappa shape index (κ2) is 10.6. The molecule has 3 amide bonds. The Bertz CT molecular complexity index is 551. The lowest BCUT2D eigenvalue weighted by atomic mass is 10.1. The van der Waals surface area contributed by atoms with Gasteiger partial charge in [0.05, 0.1) is 11.3 Å². The summed E-state index contributed by atoms with van der Waals surface area (Å²) in [7, 11) is 1.77. The van der Waals surface area contributed by atoms with Crippen molar-refractivity contribution in [2.75, 3.05) is 25.5 Å². The minimum absolute atomic E-state index is 0. The maximum absolute atomic E-state index is 12.1. The van der Waals surface area contributed by atoms with Gasteiger partial charge in [-0.25, -0.2) is 0 Å². The van der Waals surface area contributed by atoms with Crippen molar-refractivity contribution in [3.05, 3.63) is 29.8 Å². The van der Waals surface area contributed by atoms with Crippen LogP contribution in [0.4, 0.5) is 5.69 Å². The number of halogens is 1. The topological polar surface area (TPSA) is 113 Å².